The van der Waals surface area contributed by atoms with Crippen molar-refractivity contribution < 1.29 is 4.79 Å². The molecule has 2 N–H and O–H groups in total. The van der Waals surface area contributed by atoms with Gasteiger partial charge in [0.25, 0.3) is 0 Å². The van der Waals surface area contributed by atoms with Gasteiger partial charge in [-0.25, -0.2) is 0 Å². The normalized spacial score (nSPS) is 26.0. The SMILES string of the molecule is CCC(C)[C@H](N)C(=O)N1CCCC(C)CC1. The molecule has 2 unspecified atom stereocenters. The Labute approximate surface area is 99.4 Å². The standard InChI is InChI=1S/C13H26N2O/c1-4-11(3)12(14)13(16)15-8-5-6-10(2)7-9-15/h10-12H,4-9,14H2,1-3H3/t10?,11?,12-/m0/s1. The first kappa shape index (κ1) is 13.5. The van der Waals surface area contributed by atoms with E-state index in [2.05, 4.69) is 20.8 Å². The monoisotopic (exact) mass is 226 g/mol. The number of nitrogens with two attached hydrogens (primary N) is 1. The molecule has 16 heavy (non-hydrogen) atoms. The molecule has 1 saturated heterocycles. The Hall–Kier alpha value is -0.570. The molecule has 0 aliphatic carbocycles. The van der Waals surface area contributed by atoms with Crippen molar-refractivity contribution >= 4 is 5.91 Å². The van der Waals surface area contributed by atoms with E-state index in [-0.39, 0.29) is 17.9 Å². The zero-order chi connectivity index (χ0) is 12.1. The minimum atomic E-state index is -0.307. The third-order valence-electron chi connectivity index (χ3n) is 3.87. The second-order valence-corrected chi connectivity index (χ2v) is 5.27. The molecule has 1 aliphatic rings. The third-order valence-corrected chi connectivity index (χ3v) is 3.87. The van der Waals surface area contributed by atoms with Crippen LogP contribution in [0.5, 0.6) is 0 Å². The van der Waals surface area contributed by atoms with E-state index in [0.29, 0.717) is 0 Å². The van der Waals surface area contributed by atoms with Crippen molar-refractivity contribution in [3.05, 3.63) is 0 Å². The summed E-state index contributed by atoms with van der Waals surface area (Å²) in [5.41, 5.74) is 6.00. The van der Waals surface area contributed by atoms with Crippen LogP contribution in [0.1, 0.15) is 46.5 Å². The molecular weight excluding hydrogens is 200 g/mol. The first-order valence-corrected chi connectivity index (χ1v) is 6.60. The van der Waals surface area contributed by atoms with Crippen LogP contribution in [0, 0.1) is 11.8 Å². The molecule has 1 amide bonds. The van der Waals surface area contributed by atoms with Gasteiger partial charge in [0.1, 0.15) is 0 Å². The maximum absolute atomic E-state index is 12.2. The zero-order valence-corrected chi connectivity index (χ0v) is 10.9. The van der Waals surface area contributed by atoms with Crippen LogP contribution in [0.2, 0.25) is 0 Å². The van der Waals surface area contributed by atoms with Crippen molar-refractivity contribution in [2.24, 2.45) is 17.6 Å². The quantitative estimate of drug-likeness (QED) is 0.800. The average molecular weight is 226 g/mol. The summed E-state index contributed by atoms with van der Waals surface area (Å²) in [7, 11) is 0. The number of rotatable bonds is 3. The fourth-order valence-corrected chi connectivity index (χ4v) is 2.19. The lowest BCUT2D eigenvalue weighted by Gasteiger charge is -2.26. The Bertz CT molecular complexity index is 230. The molecule has 1 fully saturated rings. The molecule has 0 aromatic heterocycles. The van der Waals surface area contributed by atoms with Gasteiger partial charge < -0.3 is 10.6 Å². The van der Waals surface area contributed by atoms with Crippen LogP contribution < -0.4 is 5.73 Å². The predicted molar refractivity (Wildman–Crippen MR) is 67.0 cm³/mol. The summed E-state index contributed by atoms with van der Waals surface area (Å²) in [6.45, 7) is 8.20. The second kappa shape index (κ2) is 6.24. The van der Waals surface area contributed by atoms with Crippen LogP contribution >= 0.6 is 0 Å². The predicted octanol–water partition coefficient (Wildman–Crippen LogP) is 2.01. The fourth-order valence-electron chi connectivity index (χ4n) is 2.19. The van der Waals surface area contributed by atoms with Gasteiger partial charge in [0.2, 0.25) is 5.91 Å². The highest BCUT2D eigenvalue weighted by molar-refractivity contribution is 5.82. The Balaban J connectivity index is 2.52. The molecule has 1 heterocycles. The third kappa shape index (κ3) is 3.48. The van der Waals surface area contributed by atoms with Gasteiger partial charge in [-0.2, -0.15) is 0 Å². The number of amides is 1. The first-order chi connectivity index (χ1) is 7.56. The Morgan fingerprint density at radius 1 is 1.44 bits per heavy atom. The van der Waals surface area contributed by atoms with Crippen molar-refractivity contribution in [1.29, 1.82) is 0 Å². The van der Waals surface area contributed by atoms with E-state index in [1.165, 1.54) is 6.42 Å². The summed E-state index contributed by atoms with van der Waals surface area (Å²) in [5.74, 6) is 1.19. The van der Waals surface area contributed by atoms with Crippen LogP contribution in [0.3, 0.4) is 0 Å². The Morgan fingerprint density at radius 3 is 2.75 bits per heavy atom. The van der Waals surface area contributed by atoms with Gasteiger partial charge in [-0.3, -0.25) is 4.79 Å². The second-order valence-electron chi connectivity index (χ2n) is 5.27. The average Bonchev–Trinajstić information content (AvgIpc) is 2.51. The van der Waals surface area contributed by atoms with Gasteiger partial charge in [0.15, 0.2) is 0 Å². The minimum Gasteiger partial charge on any atom is -0.341 e. The van der Waals surface area contributed by atoms with E-state index >= 15 is 0 Å². The number of likely N-dealkylation sites (tertiary alicyclic amines) is 1. The first-order valence-electron chi connectivity index (χ1n) is 6.60. The van der Waals surface area contributed by atoms with Gasteiger partial charge in [-0.1, -0.05) is 27.2 Å². The highest BCUT2D eigenvalue weighted by Gasteiger charge is 2.26. The maximum Gasteiger partial charge on any atom is 0.239 e. The molecule has 3 nitrogen and oxygen atoms in total. The van der Waals surface area contributed by atoms with Crippen molar-refractivity contribution in [3.63, 3.8) is 0 Å². The molecule has 3 atom stereocenters. The number of carbonyl (C=O) groups is 1. The summed E-state index contributed by atoms with van der Waals surface area (Å²) < 4.78 is 0. The minimum absolute atomic E-state index is 0.156. The fraction of sp³-hybridized carbons (Fsp3) is 0.923. The van der Waals surface area contributed by atoms with Gasteiger partial charge in [-0.05, 0) is 31.1 Å². The molecule has 3 heteroatoms. The molecule has 94 valence electrons. The van der Waals surface area contributed by atoms with E-state index in [9.17, 15) is 4.79 Å². The number of carbonyl (C=O) groups excluding carboxylic acids is 1. The lowest BCUT2D eigenvalue weighted by Crippen LogP contribution is -2.47. The van der Waals surface area contributed by atoms with E-state index in [1.54, 1.807) is 0 Å². The largest absolute Gasteiger partial charge is 0.341 e. The van der Waals surface area contributed by atoms with E-state index in [4.69, 9.17) is 5.73 Å². The summed E-state index contributed by atoms with van der Waals surface area (Å²) in [6.07, 6.45) is 4.46. The zero-order valence-electron chi connectivity index (χ0n) is 10.9. The summed E-state index contributed by atoms with van der Waals surface area (Å²) in [6, 6.07) is -0.307. The molecule has 1 rings (SSSR count). The van der Waals surface area contributed by atoms with Crippen LogP contribution in [0.15, 0.2) is 0 Å². The topological polar surface area (TPSA) is 46.3 Å². The van der Waals surface area contributed by atoms with Crippen molar-refractivity contribution in [3.8, 4) is 0 Å². The van der Waals surface area contributed by atoms with E-state index in [1.807, 2.05) is 4.90 Å². The molecule has 0 aromatic rings. The highest BCUT2D eigenvalue weighted by atomic mass is 16.2. The van der Waals surface area contributed by atoms with E-state index in [0.717, 1.165) is 38.3 Å². The Kier molecular flexibility index (Phi) is 5.26. The van der Waals surface area contributed by atoms with Crippen LogP contribution in [0.25, 0.3) is 0 Å². The lowest BCUT2D eigenvalue weighted by molar-refractivity contribution is -0.133. The molecular formula is C13H26N2O. The smallest absolute Gasteiger partial charge is 0.239 e. The van der Waals surface area contributed by atoms with Crippen LogP contribution in [-0.4, -0.2) is 29.9 Å². The van der Waals surface area contributed by atoms with Crippen molar-refractivity contribution in [2.45, 2.75) is 52.5 Å². The molecule has 1 aliphatic heterocycles. The maximum atomic E-state index is 12.2. The number of hydrogen-bond donors (Lipinski definition) is 1. The lowest BCUT2D eigenvalue weighted by atomic mass is 9.99. The molecule has 0 spiro atoms. The van der Waals surface area contributed by atoms with Crippen molar-refractivity contribution in [2.75, 3.05) is 13.1 Å². The number of nitrogens with zero attached hydrogens (tertiary/aromatic N) is 1. The van der Waals surface area contributed by atoms with Crippen LogP contribution in [0.4, 0.5) is 0 Å². The number of hydrogen-bond acceptors (Lipinski definition) is 2. The van der Waals surface area contributed by atoms with E-state index < -0.39 is 0 Å². The summed E-state index contributed by atoms with van der Waals surface area (Å²) in [5, 5.41) is 0. The Morgan fingerprint density at radius 2 is 2.12 bits per heavy atom. The van der Waals surface area contributed by atoms with Gasteiger partial charge in [0, 0.05) is 13.1 Å². The van der Waals surface area contributed by atoms with Gasteiger partial charge >= 0.3 is 0 Å². The summed E-state index contributed by atoms with van der Waals surface area (Å²) in [4.78, 5) is 14.1. The molecule has 0 aromatic carbocycles. The highest BCUT2D eigenvalue weighted by Crippen LogP contribution is 2.18. The molecule has 0 radical (unpaired) electrons. The van der Waals surface area contributed by atoms with Gasteiger partial charge in [0.05, 0.1) is 6.04 Å². The molecule has 0 saturated carbocycles. The van der Waals surface area contributed by atoms with Crippen molar-refractivity contribution in [1.82, 2.24) is 4.90 Å². The van der Waals surface area contributed by atoms with Crippen LogP contribution in [-0.2, 0) is 4.79 Å². The summed E-state index contributed by atoms with van der Waals surface area (Å²) >= 11 is 0. The van der Waals surface area contributed by atoms with Gasteiger partial charge in [-0.15, -0.1) is 0 Å². The molecule has 0 bridgehead atoms.